The van der Waals surface area contributed by atoms with E-state index in [0.29, 0.717) is 5.75 Å². The summed E-state index contributed by atoms with van der Waals surface area (Å²) in [5, 5.41) is 15.8. The minimum Gasteiger partial charge on any atom is -0.392 e. The molecule has 4 nitrogen and oxygen atoms in total. The Hall–Kier alpha value is -0.850. The summed E-state index contributed by atoms with van der Waals surface area (Å²) in [6.07, 6.45) is -0.316. The van der Waals surface area contributed by atoms with Gasteiger partial charge >= 0.3 is 0 Å². The van der Waals surface area contributed by atoms with Crippen LogP contribution in [0.15, 0.2) is 11.4 Å². The molecule has 2 aromatic rings. The number of aliphatic hydroxyl groups is 1. The van der Waals surface area contributed by atoms with E-state index in [1.165, 1.54) is 0 Å². The van der Waals surface area contributed by atoms with Crippen molar-refractivity contribution in [3.8, 4) is 0 Å². The first kappa shape index (κ1) is 13.6. The first-order valence-electron chi connectivity index (χ1n) is 5.83. The highest BCUT2D eigenvalue weighted by Crippen LogP contribution is 2.26. The molecule has 2 aromatic heterocycles. The maximum absolute atomic E-state index is 9.47. The topological polar surface area (TPSA) is 58.0 Å². The van der Waals surface area contributed by atoms with Crippen LogP contribution in [0.4, 0.5) is 5.82 Å². The van der Waals surface area contributed by atoms with Crippen LogP contribution in [-0.4, -0.2) is 33.5 Å². The molecule has 0 spiro atoms. The standard InChI is InChI=1S/C12H17N3OS2/c1-7(16)8(2)18-6-10-14-11(13-3)9-4-5-17-12(9)15-10/h4-5,7-8,16H,6H2,1-3H3,(H,13,14,15). The van der Waals surface area contributed by atoms with Crippen molar-refractivity contribution in [1.29, 1.82) is 0 Å². The van der Waals surface area contributed by atoms with Crippen LogP contribution in [0.1, 0.15) is 19.7 Å². The second-order valence-corrected chi connectivity index (χ2v) is 6.39. The van der Waals surface area contributed by atoms with Gasteiger partial charge in [-0.25, -0.2) is 9.97 Å². The van der Waals surface area contributed by atoms with Crippen LogP contribution in [0, 0.1) is 0 Å². The van der Waals surface area contributed by atoms with Gasteiger partial charge in [-0.05, 0) is 18.4 Å². The third-order valence-electron chi connectivity index (χ3n) is 2.76. The zero-order valence-corrected chi connectivity index (χ0v) is 12.3. The third kappa shape index (κ3) is 2.93. The summed E-state index contributed by atoms with van der Waals surface area (Å²) < 4.78 is 0. The van der Waals surface area contributed by atoms with Crippen LogP contribution in [0.5, 0.6) is 0 Å². The number of hydrogen-bond donors (Lipinski definition) is 2. The quantitative estimate of drug-likeness (QED) is 0.883. The Kier molecular flexibility index (Phi) is 4.42. The summed E-state index contributed by atoms with van der Waals surface area (Å²) in [5.74, 6) is 2.41. The molecule has 0 aliphatic carbocycles. The molecule has 2 N–H and O–H groups in total. The summed E-state index contributed by atoms with van der Waals surface area (Å²) in [4.78, 5) is 10.1. The van der Waals surface area contributed by atoms with E-state index in [2.05, 4.69) is 15.3 Å². The number of fused-ring (bicyclic) bond motifs is 1. The van der Waals surface area contributed by atoms with Gasteiger partial charge in [0.1, 0.15) is 16.5 Å². The molecule has 0 radical (unpaired) electrons. The minimum atomic E-state index is -0.316. The molecule has 0 saturated heterocycles. The second kappa shape index (κ2) is 5.86. The van der Waals surface area contributed by atoms with Crippen molar-refractivity contribution in [2.24, 2.45) is 0 Å². The fourth-order valence-corrected chi connectivity index (χ4v) is 3.10. The molecule has 98 valence electrons. The fraction of sp³-hybridized carbons (Fsp3) is 0.500. The predicted octanol–water partition coefficient (Wildman–Crippen LogP) is 2.74. The van der Waals surface area contributed by atoms with Crippen molar-refractivity contribution in [3.05, 3.63) is 17.3 Å². The predicted molar refractivity (Wildman–Crippen MR) is 79.4 cm³/mol. The lowest BCUT2D eigenvalue weighted by atomic mass is 10.3. The normalized spacial score (nSPS) is 14.7. The molecule has 2 rings (SSSR count). The maximum atomic E-state index is 9.47. The van der Waals surface area contributed by atoms with E-state index >= 15 is 0 Å². The van der Waals surface area contributed by atoms with E-state index in [-0.39, 0.29) is 11.4 Å². The van der Waals surface area contributed by atoms with E-state index < -0.39 is 0 Å². The first-order chi connectivity index (χ1) is 8.61. The number of aromatic nitrogens is 2. The zero-order chi connectivity index (χ0) is 13.1. The summed E-state index contributed by atoms with van der Waals surface area (Å²) in [6, 6.07) is 2.03. The Balaban J connectivity index is 2.18. The average molecular weight is 283 g/mol. The van der Waals surface area contributed by atoms with Crippen LogP contribution in [0.3, 0.4) is 0 Å². The highest BCUT2D eigenvalue weighted by Gasteiger charge is 2.12. The van der Waals surface area contributed by atoms with Crippen LogP contribution >= 0.6 is 23.1 Å². The molecular weight excluding hydrogens is 266 g/mol. The molecule has 6 heteroatoms. The first-order valence-corrected chi connectivity index (χ1v) is 7.76. The molecule has 2 atom stereocenters. The number of hydrogen-bond acceptors (Lipinski definition) is 6. The van der Waals surface area contributed by atoms with Gasteiger partial charge in [-0.3, -0.25) is 0 Å². The van der Waals surface area contributed by atoms with Crippen molar-refractivity contribution in [1.82, 2.24) is 9.97 Å². The monoisotopic (exact) mass is 283 g/mol. The van der Waals surface area contributed by atoms with E-state index in [0.717, 1.165) is 21.9 Å². The van der Waals surface area contributed by atoms with Crippen LogP contribution < -0.4 is 5.32 Å². The van der Waals surface area contributed by atoms with Crippen LogP contribution in [0.2, 0.25) is 0 Å². The van der Waals surface area contributed by atoms with E-state index in [1.807, 2.05) is 25.4 Å². The van der Waals surface area contributed by atoms with E-state index in [9.17, 15) is 5.11 Å². The van der Waals surface area contributed by atoms with Gasteiger partial charge < -0.3 is 10.4 Å². The lowest BCUT2D eigenvalue weighted by molar-refractivity contribution is 0.196. The summed E-state index contributed by atoms with van der Waals surface area (Å²) in [7, 11) is 1.87. The molecule has 0 bridgehead atoms. The SMILES string of the molecule is CNc1nc(CSC(C)C(C)O)nc2sccc12. The third-order valence-corrected chi connectivity index (χ3v) is 4.91. The van der Waals surface area contributed by atoms with Crippen molar-refractivity contribution in [2.45, 2.75) is 31.0 Å². The van der Waals surface area contributed by atoms with Gasteiger partial charge in [0.25, 0.3) is 0 Å². The van der Waals surface area contributed by atoms with Gasteiger partial charge in [0, 0.05) is 12.3 Å². The maximum Gasteiger partial charge on any atom is 0.142 e. The Morgan fingerprint density at radius 2 is 2.22 bits per heavy atom. The van der Waals surface area contributed by atoms with Gasteiger partial charge in [0.2, 0.25) is 0 Å². The number of aliphatic hydroxyl groups excluding tert-OH is 1. The molecule has 0 saturated carbocycles. The van der Waals surface area contributed by atoms with Crippen molar-refractivity contribution < 1.29 is 5.11 Å². The lowest BCUT2D eigenvalue weighted by Crippen LogP contribution is -2.15. The van der Waals surface area contributed by atoms with E-state index in [1.54, 1.807) is 30.0 Å². The summed E-state index contributed by atoms with van der Waals surface area (Å²) in [6.45, 7) is 3.82. The molecular formula is C12H17N3OS2. The van der Waals surface area contributed by atoms with Crippen molar-refractivity contribution in [2.75, 3.05) is 12.4 Å². The number of nitrogens with one attached hydrogen (secondary N) is 1. The fourth-order valence-electron chi connectivity index (χ4n) is 1.50. The largest absolute Gasteiger partial charge is 0.392 e. The highest BCUT2D eigenvalue weighted by molar-refractivity contribution is 7.99. The van der Waals surface area contributed by atoms with E-state index in [4.69, 9.17) is 0 Å². The summed E-state index contributed by atoms with van der Waals surface area (Å²) >= 11 is 3.29. The van der Waals surface area contributed by atoms with Crippen molar-refractivity contribution in [3.63, 3.8) is 0 Å². The number of thioether (sulfide) groups is 1. The Morgan fingerprint density at radius 3 is 2.89 bits per heavy atom. The van der Waals surface area contributed by atoms with Gasteiger partial charge in [-0.15, -0.1) is 23.1 Å². The zero-order valence-electron chi connectivity index (χ0n) is 10.7. The molecule has 0 aromatic carbocycles. The minimum absolute atomic E-state index is 0.186. The smallest absolute Gasteiger partial charge is 0.142 e. The molecule has 0 amide bonds. The molecule has 0 aliphatic heterocycles. The Bertz CT molecular complexity index is 527. The van der Waals surface area contributed by atoms with Gasteiger partial charge in [0.15, 0.2) is 0 Å². The summed E-state index contributed by atoms with van der Waals surface area (Å²) in [5.41, 5.74) is 0. The van der Waals surface area contributed by atoms with Crippen molar-refractivity contribution >= 4 is 39.1 Å². The van der Waals surface area contributed by atoms with Crippen LogP contribution in [0.25, 0.3) is 10.2 Å². The molecule has 18 heavy (non-hydrogen) atoms. The van der Waals surface area contributed by atoms with Crippen LogP contribution in [-0.2, 0) is 5.75 Å². The van der Waals surface area contributed by atoms with Gasteiger partial charge in [-0.2, -0.15) is 0 Å². The average Bonchev–Trinajstić information content (AvgIpc) is 2.82. The van der Waals surface area contributed by atoms with Gasteiger partial charge in [0.05, 0.1) is 17.2 Å². The molecule has 2 unspecified atom stereocenters. The number of nitrogens with zero attached hydrogens (tertiary/aromatic N) is 2. The molecule has 0 aliphatic rings. The number of rotatable bonds is 5. The molecule has 2 heterocycles. The lowest BCUT2D eigenvalue weighted by Gasteiger charge is -2.13. The number of thiophene rings is 1. The molecule has 0 fully saturated rings. The Morgan fingerprint density at radius 1 is 1.44 bits per heavy atom. The second-order valence-electron chi connectivity index (χ2n) is 4.13. The highest BCUT2D eigenvalue weighted by atomic mass is 32.2. The Labute approximate surface area is 115 Å². The van der Waals surface area contributed by atoms with Gasteiger partial charge in [-0.1, -0.05) is 6.92 Å². The number of anilines is 1.